The van der Waals surface area contributed by atoms with Crippen molar-refractivity contribution in [1.82, 2.24) is 10.4 Å². The normalized spacial score (nSPS) is 18.9. The van der Waals surface area contributed by atoms with E-state index in [1.54, 1.807) is 0 Å². The molecule has 1 atom stereocenters. The SMILES string of the molecule is COC1=CNN(C)C(C(=O)Oc2cccc(C(F)(F)F)c2)C1=O. The summed E-state index contributed by atoms with van der Waals surface area (Å²) in [6.45, 7) is 0. The molecule has 1 heterocycles. The van der Waals surface area contributed by atoms with Crippen LogP contribution in [0.15, 0.2) is 36.2 Å². The van der Waals surface area contributed by atoms with Crippen molar-refractivity contribution < 1.29 is 32.2 Å². The third kappa shape index (κ3) is 3.62. The lowest BCUT2D eigenvalue weighted by molar-refractivity contribution is -0.147. The molecule has 6 nitrogen and oxygen atoms in total. The van der Waals surface area contributed by atoms with Crippen LogP contribution in [0.2, 0.25) is 0 Å². The summed E-state index contributed by atoms with van der Waals surface area (Å²) in [6, 6.07) is 2.47. The van der Waals surface area contributed by atoms with Crippen LogP contribution in [0.3, 0.4) is 0 Å². The fourth-order valence-corrected chi connectivity index (χ4v) is 1.95. The van der Waals surface area contributed by atoms with Crippen LogP contribution in [-0.4, -0.2) is 37.0 Å². The van der Waals surface area contributed by atoms with Crippen LogP contribution in [0, 0.1) is 0 Å². The van der Waals surface area contributed by atoms with Crippen molar-refractivity contribution in [3.05, 3.63) is 41.8 Å². The summed E-state index contributed by atoms with van der Waals surface area (Å²) >= 11 is 0. The smallest absolute Gasteiger partial charge is 0.416 e. The molecule has 1 aromatic carbocycles. The lowest BCUT2D eigenvalue weighted by Gasteiger charge is -2.29. The van der Waals surface area contributed by atoms with E-state index < -0.39 is 29.5 Å². The molecule has 1 N–H and O–H groups in total. The van der Waals surface area contributed by atoms with Crippen LogP contribution in [0.25, 0.3) is 0 Å². The molecule has 124 valence electrons. The summed E-state index contributed by atoms with van der Waals surface area (Å²) in [5, 5.41) is 1.17. The Morgan fingerprint density at radius 2 is 2.04 bits per heavy atom. The first-order valence-corrected chi connectivity index (χ1v) is 6.40. The molecule has 1 unspecified atom stereocenters. The number of benzene rings is 1. The van der Waals surface area contributed by atoms with Gasteiger partial charge in [-0.1, -0.05) is 6.07 Å². The van der Waals surface area contributed by atoms with Gasteiger partial charge in [0.05, 0.1) is 18.9 Å². The lowest BCUT2D eigenvalue weighted by Crippen LogP contribution is -2.54. The maximum absolute atomic E-state index is 12.6. The summed E-state index contributed by atoms with van der Waals surface area (Å²) in [5.41, 5.74) is 1.65. The number of hydrazine groups is 1. The minimum absolute atomic E-state index is 0.0888. The second-order valence-corrected chi connectivity index (χ2v) is 4.67. The number of carbonyl (C=O) groups is 2. The van der Waals surface area contributed by atoms with E-state index in [1.807, 2.05) is 0 Å². The first-order chi connectivity index (χ1) is 10.7. The molecule has 0 saturated heterocycles. The molecule has 0 amide bonds. The van der Waals surface area contributed by atoms with Gasteiger partial charge in [-0.05, 0) is 18.2 Å². The molecule has 1 aromatic rings. The Morgan fingerprint density at radius 1 is 1.35 bits per heavy atom. The van der Waals surface area contributed by atoms with Crippen molar-refractivity contribution in [3.8, 4) is 5.75 Å². The maximum Gasteiger partial charge on any atom is 0.416 e. The molecule has 1 aliphatic heterocycles. The molecule has 0 aromatic heterocycles. The molecule has 0 spiro atoms. The fraction of sp³-hybridized carbons (Fsp3) is 0.286. The van der Waals surface area contributed by atoms with E-state index in [4.69, 9.17) is 9.47 Å². The molecule has 0 radical (unpaired) electrons. The van der Waals surface area contributed by atoms with Crippen LogP contribution in [0.1, 0.15) is 5.56 Å². The second-order valence-electron chi connectivity index (χ2n) is 4.67. The number of likely N-dealkylation sites (N-methyl/N-ethyl adjacent to an activating group) is 1. The number of ketones is 1. The van der Waals surface area contributed by atoms with Crippen molar-refractivity contribution >= 4 is 11.8 Å². The van der Waals surface area contributed by atoms with Crippen molar-refractivity contribution in [1.29, 1.82) is 0 Å². The van der Waals surface area contributed by atoms with E-state index in [1.165, 1.54) is 31.4 Å². The minimum atomic E-state index is -4.56. The number of methoxy groups -OCH3 is 1. The van der Waals surface area contributed by atoms with E-state index in [9.17, 15) is 22.8 Å². The van der Waals surface area contributed by atoms with Gasteiger partial charge in [-0.2, -0.15) is 13.2 Å². The van der Waals surface area contributed by atoms with Gasteiger partial charge in [-0.15, -0.1) is 0 Å². The summed E-state index contributed by atoms with van der Waals surface area (Å²) in [6.07, 6.45) is -3.30. The Kier molecular flexibility index (Phi) is 4.60. The number of hydrogen-bond acceptors (Lipinski definition) is 6. The van der Waals surface area contributed by atoms with Gasteiger partial charge in [0.1, 0.15) is 5.75 Å². The van der Waals surface area contributed by atoms with Crippen molar-refractivity contribution in [2.45, 2.75) is 12.2 Å². The van der Waals surface area contributed by atoms with Crippen molar-refractivity contribution in [3.63, 3.8) is 0 Å². The number of halogens is 3. The van der Waals surface area contributed by atoms with Crippen molar-refractivity contribution in [2.75, 3.05) is 14.2 Å². The van der Waals surface area contributed by atoms with E-state index in [0.717, 1.165) is 12.1 Å². The largest absolute Gasteiger partial charge is 0.491 e. The standard InChI is InChI=1S/C14H13F3N2O4/c1-19-11(12(20)10(22-2)7-18-19)13(21)23-9-5-3-4-8(6-9)14(15,16)17/h3-7,11,18H,1-2H3. The number of hydrogen-bond donors (Lipinski definition) is 1. The van der Waals surface area contributed by atoms with Crippen LogP contribution >= 0.6 is 0 Å². The number of rotatable bonds is 3. The zero-order valence-corrected chi connectivity index (χ0v) is 12.2. The average Bonchev–Trinajstić information content (AvgIpc) is 2.47. The van der Waals surface area contributed by atoms with E-state index in [-0.39, 0.29) is 11.5 Å². The summed E-state index contributed by atoms with van der Waals surface area (Å²) < 4.78 is 47.6. The number of nitrogens with one attached hydrogen (secondary N) is 1. The average molecular weight is 330 g/mol. The summed E-state index contributed by atoms with van der Waals surface area (Å²) in [7, 11) is 2.67. The predicted molar refractivity (Wildman–Crippen MR) is 71.9 cm³/mol. The van der Waals surface area contributed by atoms with Gasteiger partial charge in [0.2, 0.25) is 5.78 Å². The van der Waals surface area contributed by atoms with Gasteiger partial charge >= 0.3 is 12.1 Å². The Hall–Kier alpha value is -2.55. The number of alkyl halides is 3. The Labute approximate surface area is 129 Å². The first kappa shape index (κ1) is 16.8. The summed E-state index contributed by atoms with van der Waals surface area (Å²) in [4.78, 5) is 24.2. The van der Waals surface area contributed by atoms with E-state index in [2.05, 4.69) is 5.43 Å². The van der Waals surface area contributed by atoms with Crippen LogP contribution in [0.4, 0.5) is 13.2 Å². The third-order valence-electron chi connectivity index (χ3n) is 3.10. The van der Waals surface area contributed by atoms with Crippen LogP contribution < -0.4 is 10.2 Å². The zero-order chi connectivity index (χ0) is 17.2. The number of esters is 1. The van der Waals surface area contributed by atoms with Gasteiger partial charge in [-0.3, -0.25) is 4.79 Å². The molecule has 0 bridgehead atoms. The molecule has 0 aliphatic carbocycles. The topological polar surface area (TPSA) is 67.9 Å². The number of nitrogens with zero attached hydrogens (tertiary/aromatic N) is 1. The van der Waals surface area contributed by atoms with Gasteiger partial charge in [0, 0.05) is 7.05 Å². The highest BCUT2D eigenvalue weighted by atomic mass is 19.4. The quantitative estimate of drug-likeness (QED) is 0.514. The highest BCUT2D eigenvalue weighted by Crippen LogP contribution is 2.31. The lowest BCUT2D eigenvalue weighted by atomic mass is 10.1. The molecule has 1 aliphatic rings. The van der Waals surface area contributed by atoms with Crippen LogP contribution in [-0.2, 0) is 20.5 Å². The van der Waals surface area contributed by atoms with E-state index >= 15 is 0 Å². The van der Waals surface area contributed by atoms with E-state index in [0.29, 0.717) is 6.07 Å². The number of carbonyl (C=O) groups excluding carboxylic acids is 2. The molecular weight excluding hydrogens is 317 g/mol. The Bertz CT molecular complexity index is 658. The van der Waals surface area contributed by atoms with Crippen molar-refractivity contribution in [2.24, 2.45) is 0 Å². The summed E-state index contributed by atoms with van der Waals surface area (Å²) in [5.74, 6) is -2.08. The monoisotopic (exact) mass is 330 g/mol. The predicted octanol–water partition coefficient (Wildman–Crippen LogP) is 1.49. The van der Waals surface area contributed by atoms with Gasteiger partial charge in [-0.25, -0.2) is 9.80 Å². The van der Waals surface area contributed by atoms with Gasteiger partial charge in [0.25, 0.3) is 0 Å². The molecule has 23 heavy (non-hydrogen) atoms. The third-order valence-corrected chi connectivity index (χ3v) is 3.10. The maximum atomic E-state index is 12.6. The molecule has 2 rings (SSSR count). The minimum Gasteiger partial charge on any atom is -0.491 e. The highest BCUT2D eigenvalue weighted by molar-refractivity contribution is 6.11. The number of Topliss-reactive ketones (excluding diaryl/α,β-unsaturated/α-hetero) is 1. The number of ether oxygens (including phenoxy) is 2. The fourth-order valence-electron chi connectivity index (χ4n) is 1.95. The molecule has 0 fully saturated rings. The Morgan fingerprint density at radius 3 is 2.65 bits per heavy atom. The first-order valence-electron chi connectivity index (χ1n) is 6.40. The molecule has 0 saturated carbocycles. The van der Waals surface area contributed by atoms with Crippen LogP contribution in [0.5, 0.6) is 5.75 Å². The Balaban J connectivity index is 2.19. The van der Waals surface area contributed by atoms with Gasteiger partial charge in [0.15, 0.2) is 11.8 Å². The highest BCUT2D eigenvalue weighted by Gasteiger charge is 2.38. The second kappa shape index (κ2) is 6.29. The zero-order valence-electron chi connectivity index (χ0n) is 12.2. The molecular formula is C14H13F3N2O4. The molecule has 9 heteroatoms. The van der Waals surface area contributed by atoms with Gasteiger partial charge < -0.3 is 14.9 Å².